The summed E-state index contributed by atoms with van der Waals surface area (Å²) in [5, 5.41) is 0. The van der Waals surface area contributed by atoms with E-state index in [-0.39, 0.29) is 11.8 Å². The Hall–Kier alpha value is -1.73. The van der Waals surface area contributed by atoms with Crippen LogP contribution in [0, 0.1) is 0 Å². The van der Waals surface area contributed by atoms with Gasteiger partial charge < -0.3 is 15.2 Å². The maximum absolute atomic E-state index is 12.7. The Morgan fingerprint density at radius 3 is 2.76 bits per heavy atom. The van der Waals surface area contributed by atoms with Gasteiger partial charge in [-0.2, -0.15) is 0 Å². The van der Waals surface area contributed by atoms with E-state index in [4.69, 9.17) is 5.84 Å². The quantitative estimate of drug-likeness (QED) is 0.628. The minimum Gasteiger partial charge on any atom is -0.334 e. The van der Waals surface area contributed by atoms with Crippen molar-refractivity contribution in [1.82, 2.24) is 19.8 Å². The number of carbonyl (C=O) groups is 1. The van der Waals surface area contributed by atoms with E-state index in [9.17, 15) is 4.79 Å². The third-order valence-electron chi connectivity index (χ3n) is 3.93. The summed E-state index contributed by atoms with van der Waals surface area (Å²) in [5.41, 5.74) is 3.34. The predicted molar refractivity (Wildman–Crippen MR) is 81.9 cm³/mol. The highest BCUT2D eigenvalue weighted by Crippen LogP contribution is 2.19. The highest BCUT2D eigenvalue weighted by Gasteiger charge is 2.27. The molecule has 1 aliphatic rings. The smallest absolute Gasteiger partial charge is 0.274 e. The fraction of sp³-hybridized carbons (Fsp3) is 0.643. The van der Waals surface area contributed by atoms with Crippen molar-refractivity contribution < 1.29 is 4.79 Å². The van der Waals surface area contributed by atoms with Crippen LogP contribution >= 0.6 is 0 Å². The molecular weight excluding hydrogens is 268 g/mol. The molecule has 21 heavy (non-hydrogen) atoms. The number of aromatic nitrogens is 2. The largest absolute Gasteiger partial charge is 0.334 e. The van der Waals surface area contributed by atoms with Crippen molar-refractivity contribution in [3.63, 3.8) is 0 Å². The van der Waals surface area contributed by atoms with Crippen molar-refractivity contribution >= 4 is 11.6 Å². The SMILES string of the molecule is CC(C)c1ncc(NN)c(C(=O)N2CCN(C)C(C)C2)n1. The lowest BCUT2D eigenvalue weighted by atomic mass is 10.1. The van der Waals surface area contributed by atoms with Gasteiger partial charge in [0.25, 0.3) is 5.91 Å². The monoisotopic (exact) mass is 292 g/mol. The van der Waals surface area contributed by atoms with Crippen molar-refractivity contribution in [2.45, 2.75) is 32.7 Å². The summed E-state index contributed by atoms with van der Waals surface area (Å²) in [6.07, 6.45) is 1.58. The molecule has 1 aromatic rings. The Morgan fingerprint density at radius 1 is 1.48 bits per heavy atom. The van der Waals surface area contributed by atoms with E-state index in [1.54, 1.807) is 6.20 Å². The number of piperazine rings is 1. The van der Waals surface area contributed by atoms with Gasteiger partial charge in [0.2, 0.25) is 0 Å². The van der Waals surface area contributed by atoms with Crippen LogP contribution in [0.15, 0.2) is 6.20 Å². The van der Waals surface area contributed by atoms with Crippen molar-refractivity contribution in [3.8, 4) is 0 Å². The summed E-state index contributed by atoms with van der Waals surface area (Å²) in [6, 6.07) is 0.336. The number of hydrogen-bond acceptors (Lipinski definition) is 6. The normalized spacial score (nSPS) is 19.9. The van der Waals surface area contributed by atoms with Crippen LogP contribution in [-0.2, 0) is 0 Å². The number of hydrogen-bond donors (Lipinski definition) is 2. The van der Waals surface area contributed by atoms with E-state index >= 15 is 0 Å². The maximum Gasteiger partial charge on any atom is 0.274 e. The van der Waals surface area contributed by atoms with Gasteiger partial charge in [0.05, 0.1) is 11.9 Å². The number of nitrogens with zero attached hydrogens (tertiary/aromatic N) is 4. The molecule has 3 N–H and O–H groups in total. The fourth-order valence-corrected chi connectivity index (χ4v) is 2.32. The van der Waals surface area contributed by atoms with Gasteiger partial charge in [-0.15, -0.1) is 0 Å². The average Bonchev–Trinajstić information content (AvgIpc) is 2.48. The molecule has 0 aromatic carbocycles. The van der Waals surface area contributed by atoms with E-state index in [2.05, 4.69) is 34.3 Å². The number of amides is 1. The zero-order chi connectivity index (χ0) is 15.6. The lowest BCUT2D eigenvalue weighted by Crippen LogP contribution is -2.52. The van der Waals surface area contributed by atoms with E-state index < -0.39 is 0 Å². The van der Waals surface area contributed by atoms with E-state index in [1.807, 2.05) is 18.7 Å². The zero-order valence-corrected chi connectivity index (χ0v) is 13.1. The van der Waals surface area contributed by atoms with Gasteiger partial charge in [-0.1, -0.05) is 13.8 Å². The predicted octanol–water partition coefficient (Wildman–Crippen LogP) is 0.662. The van der Waals surface area contributed by atoms with Gasteiger partial charge in [0, 0.05) is 31.6 Å². The first-order valence-electron chi connectivity index (χ1n) is 7.27. The highest BCUT2D eigenvalue weighted by atomic mass is 16.2. The molecule has 1 unspecified atom stereocenters. The number of nitrogens with two attached hydrogens (primary N) is 1. The molecule has 1 amide bonds. The molecule has 2 rings (SSSR count). The van der Waals surface area contributed by atoms with E-state index in [1.165, 1.54) is 0 Å². The molecule has 0 bridgehead atoms. The van der Waals surface area contributed by atoms with Crippen LogP contribution in [0.2, 0.25) is 0 Å². The molecule has 7 heteroatoms. The zero-order valence-electron chi connectivity index (χ0n) is 13.1. The topological polar surface area (TPSA) is 87.4 Å². The molecule has 1 fully saturated rings. The minimum absolute atomic E-state index is 0.0906. The number of rotatable bonds is 3. The number of carbonyl (C=O) groups excluding carboxylic acids is 1. The summed E-state index contributed by atoms with van der Waals surface area (Å²) < 4.78 is 0. The first-order valence-corrected chi connectivity index (χ1v) is 7.27. The molecule has 0 radical (unpaired) electrons. The Morgan fingerprint density at radius 2 is 2.19 bits per heavy atom. The second-order valence-electron chi connectivity index (χ2n) is 5.87. The number of anilines is 1. The lowest BCUT2D eigenvalue weighted by Gasteiger charge is -2.37. The summed E-state index contributed by atoms with van der Waals surface area (Å²) >= 11 is 0. The summed E-state index contributed by atoms with van der Waals surface area (Å²) in [4.78, 5) is 25.4. The average molecular weight is 292 g/mol. The molecule has 1 saturated heterocycles. The molecular formula is C14H24N6O. The first kappa shape index (κ1) is 15.7. The highest BCUT2D eigenvalue weighted by molar-refractivity contribution is 5.97. The Labute approximate surface area is 125 Å². The standard InChI is InChI=1S/C14H24N6O/c1-9(2)13-16-7-11(18-15)12(17-13)14(21)20-6-5-19(4)10(3)8-20/h7,9-10,18H,5-6,8,15H2,1-4H3. The number of hydrazine groups is 1. The molecule has 2 heterocycles. The number of nitrogens with one attached hydrogen (secondary N) is 1. The number of nitrogen functional groups attached to an aromatic ring is 1. The van der Waals surface area contributed by atoms with Gasteiger partial charge in [-0.3, -0.25) is 10.6 Å². The van der Waals surface area contributed by atoms with Crippen LogP contribution in [0.25, 0.3) is 0 Å². The molecule has 1 aliphatic heterocycles. The van der Waals surface area contributed by atoms with Crippen molar-refractivity contribution in [2.24, 2.45) is 5.84 Å². The van der Waals surface area contributed by atoms with Gasteiger partial charge >= 0.3 is 0 Å². The number of likely N-dealkylation sites (N-methyl/N-ethyl adjacent to an activating group) is 1. The summed E-state index contributed by atoms with van der Waals surface area (Å²) in [5.74, 6) is 6.21. The second kappa shape index (κ2) is 6.36. The Kier molecular flexibility index (Phi) is 4.74. The van der Waals surface area contributed by atoms with Crippen LogP contribution in [0.3, 0.4) is 0 Å². The third kappa shape index (κ3) is 3.30. The van der Waals surface area contributed by atoms with Crippen LogP contribution in [0.4, 0.5) is 5.69 Å². The fourth-order valence-electron chi connectivity index (χ4n) is 2.32. The first-order chi connectivity index (χ1) is 9.93. The van der Waals surface area contributed by atoms with Crippen LogP contribution in [0.1, 0.15) is 43.0 Å². The Bertz CT molecular complexity index is 518. The second-order valence-corrected chi connectivity index (χ2v) is 5.87. The maximum atomic E-state index is 12.7. The molecule has 1 aromatic heterocycles. The van der Waals surface area contributed by atoms with Gasteiger partial charge in [-0.05, 0) is 14.0 Å². The molecule has 116 valence electrons. The van der Waals surface area contributed by atoms with Crippen molar-refractivity contribution in [2.75, 3.05) is 32.1 Å². The molecule has 0 spiro atoms. The van der Waals surface area contributed by atoms with Crippen molar-refractivity contribution in [3.05, 3.63) is 17.7 Å². The molecule has 0 aliphatic carbocycles. The van der Waals surface area contributed by atoms with E-state index in [0.29, 0.717) is 36.3 Å². The third-order valence-corrected chi connectivity index (χ3v) is 3.93. The summed E-state index contributed by atoms with van der Waals surface area (Å²) in [7, 11) is 2.07. The minimum atomic E-state index is -0.0906. The van der Waals surface area contributed by atoms with Gasteiger partial charge in [0.1, 0.15) is 5.82 Å². The van der Waals surface area contributed by atoms with Crippen molar-refractivity contribution in [1.29, 1.82) is 0 Å². The lowest BCUT2D eigenvalue weighted by molar-refractivity contribution is 0.0567. The molecule has 7 nitrogen and oxygen atoms in total. The van der Waals surface area contributed by atoms with Crippen LogP contribution in [-0.4, -0.2) is 58.4 Å². The molecule has 0 saturated carbocycles. The van der Waals surface area contributed by atoms with Gasteiger partial charge in [0.15, 0.2) is 5.69 Å². The van der Waals surface area contributed by atoms with Gasteiger partial charge in [-0.25, -0.2) is 9.97 Å². The van der Waals surface area contributed by atoms with Crippen LogP contribution < -0.4 is 11.3 Å². The summed E-state index contributed by atoms with van der Waals surface area (Å²) in [6.45, 7) is 8.36. The van der Waals surface area contributed by atoms with E-state index in [0.717, 1.165) is 6.54 Å². The Balaban J connectivity index is 2.27. The van der Waals surface area contributed by atoms with Crippen LogP contribution in [0.5, 0.6) is 0 Å². The molecule has 1 atom stereocenters.